The normalized spacial score (nSPS) is 13.5. The van der Waals surface area contributed by atoms with Crippen LogP contribution in [0.25, 0.3) is 0 Å². The second-order valence-corrected chi connectivity index (χ2v) is 8.34. The number of hydrogen-bond acceptors (Lipinski definition) is 4. The first-order chi connectivity index (χ1) is 19.1. The Hall–Kier alpha value is -4.03. The highest BCUT2D eigenvalue weighted by molar-refractivity contribution is 6.39. The van der Waals surface area contributed by atoms with Gasteiger partial charge in [0.05, 0.1) is 0 Å². The monoisotopic (exact) mass is 627 g/mol. The number of alkyl halides is 12. The maximum Gasteiger partial charge on any atom is 0.434 e. The van der Waals surface area contributed by atoms with Crippen molar-refractivity contribution in [1.29, 1.82) is 0 Å². The summed E-state index contributed by atoms with van der Waals surface area (Å²) in [5, 5.41) is 3.72. The summed E-state index contributed by atoms with van der Waals surface area (Å²) in [6.07, 6.45) is -22.5. The van der Waals surface area contributed by atoms with Gasteiger partial charge in [0.25, 0.3) is 5.91 Å². The molecule has 0 fully saturated rings. The number of carbonyl (C=O) groups is 3. The number of para-hydroxylation sites is 1. The number of nitrogens with zero attached hydrogens (tertiary/aromatic N) is 1. The van der Waals surface area contributed by atoms with Crippen LogP contribution in [-0.2, 0) is 14.3 Å². The first-order valence-corrected chi connectivity index (χ1v) is 11.0. The number of anilines is 2. The predicted molar refractivity (Wildman–Crippen MR) is 119 cm³/mol. The zero-order valence-corrected chi connectivity index (χ0v) is 20.6. The fraction of sp³-hybridized carbons (Fsp3) is 0.348. The van der Waals surface area contributed by atoms with Crippen molar-refractivity contribution in [3.8, 4) is 0 Å². The number of halogens is 12. The second-order valence-electron chi connectivity index (χ2n) is 8.34. The highest BCUT2D eigenvalue weighted by Crippen LogP contribution is 2.55. The Labute approximate surface area is 227 Å². The Balaban J connectivity index is 2.40. The zero-order valence-electron chi connectivity index (χ0n) is 20.6. The smallest absolute Gasteiger partial charge is 0.328 e. The van der Waals surface area contributed by atoms with Crippen LogP contribution in [0.5, 0.6) is 0 Å². The van der Waals surface area contributed by atoms with Crippen molar-refractivity contribution in [2.45, 2.75) is 36.9 Å². The molecule has 0 bridgehead atoms. The van der Waals surface area contributed by atoms with Gasteiger partial charge in [-0.25, -0.2) is 4.39 Å². The molecule has 0 aliphatic heterocycles. The Morgan fingerprint density at radius 1 is 0.833 bits per heavy atom. The summed E-state index contributed by atoms with van der Waals surface area (Å²) in [5.41, 5.74) is -9.74. The fourth-order valence-corrected chi connectivity index (χ4v) is 3.41. The highest BCUT2D eigenvalue weighted by atomic mass is 19.4. The minimum absolute atomic E-state index is 0.0352. The molecular formula is C23H17F12N3O4. The van der Waals surface area contributed by atoms with Crippen molar-refractivity contribution in [1.82, 2.24) is 4.90 Å². The van der Waals surface area contributed by atoms with Gasteiger partial charge in [-0.1, -0.05) is 24.3 Å². The third-order valence-corrected chi connectivity index (χ3v) is 5.26. The molecule has 0 aromatic heterocycles. The van der Waals surface area contributed by atoms with Gasteiger partial charge in [-0.3, -0.25) is 14.4 Å². The third kappa shape index (κ3) is 8.04. The van der Waals surface area contributed by atoms with Crippen molar-refractivity contribution in [2.75, 3.05) is 24.2 Å². The molecule has 1 unspecified atom stereocenters. The van der Waals surface area contributed by atoms with E-state index in [-0.39, 0.29) is 10.6 Å². The van der Waals surface area contributed by atoms with E-state index < -0.39 is 78.0 Å². The van der Waals surface area contributed by atoms with Gasteiger partial charge in [0, 0.05) is 29.5 Å². The van der Waals surface area contributed by atoms with Crippen LogP contribution in [-0.4, -0.2) is 67.0 Å². The molecule has 0 heterocycles. The van der Waals surface area contributed by atoms with Crippen LogP contribution in [0.1, 0.15) is 22.0 Å². The number of rotatable bonds is 8. The molecule has 0 saturated carbocycles. The summed E-state index contributed by atoms with van der Waals surface area (Å²) in [4.78, 5) is 36.6. The molecule has 0 radical (unpaired) electrons. The predicted octanol–water partition coefficient (Wildman–Crippen LogP) is 6.01. The summed E-state index contributed by atoms with van der Waals surface area (Å²) in [7, 11) is 0.672. The van der Waals surface area contributed by atoms with Crippen LogP contribution >= 0.6 is 0 Å². The first-order valence-electron chi connectivity index (χ1n) is 11.0. The molecule has 0 saturated heterocycles. The van der Waals surface area contributed by atoms with Crippen LogP contribution in [0.3, 0.4) is 0 Å². The fourth-order valence-electron chi connectivity index (χ4n) is 3.41. The quantitative estimate of drug-likeness (QED) is 0.277. The Morgan fingerprint density at radius 3 is 1.93 bits per heavy atom. The lowest BCUT2D eigenvalue weighted by Gasteiger charge is -2.36. The highest BCUT2D eigenvalue weighted by Gasteiger charge is 2.77. The molecule has 3 amide bonds. The number of benzene rings is 2. The average Bonchev–Trinajstić information content (AvgIpc) is 2.84. The maximum absolute atomic E-state index is 14.8. The molecule has 0 aliphatic carbocycles. The molecule has 0 aliphatic rings. The van der Waals surface area contributed by atoms with E-state index in [1.807, 2.05) is 10.6 Å². The van der Waals surface area contributed by atoms with Crippen LogP contribution in [0.4, 0.5) is 64.1 Å². The van der Waals surface area contributed by atoms with Crippen molar-refractivity contribution < 1.29 is 71.8 Å². The third-order valence-electron chi connectivity index (χ3n) is 5.26. The molecule has 2 aromatic rings. The van der Waals surface area contributed by atoms with Gasteiger partial charge in [-0.15, -0.1) is 0 Å². The molecular weight excluding hydrogens is 610 g/mol. The molecule has 0 spiro atoms. The van der Waals surface area contributed by atoms with E-state index >= 15 is 0 Å². The number of ether oxygens (including phenoxy) is 1. The molecule has 42 heavy (non-hydrogen) atoms. The summed E-state index contributed by atoms with van der Waals surface area (Å²) >= 11 is 0. The lowest BCUT2D eigenvalue weighted by molar-refractivity contribution is -0.382. The van der Waals surface area contributed by atoms with Crippen LogP contribution in [0.15, 0.2) is 48.5 Å². The lowest BCUT2D eigenvalue weighted by atomic mass is 9.90. The van der Waals surface area contributed by atoms with Gasteiger partial charge in [-0.05, 0) is 24.3 Å². The maximum atomic E-state index is 14.8. The van der Waals surface area contributed by atoms with Crippen LogP contribution in [0, 0.1) is 0 Å². The largest absolute Gasteiger partial charge is 0.434 e. The SMILES string of the molecule is CN(CC(F)(F)F)C(=O)C(=O)Nc1cccc(C(=O)Nc2ccccc2C(OC(F)F)C(F)(C(F)(F)F)C(F)(F)F)c1. The topological polar surface area (TPSA) is 87.7 Å². The van der Waals surface area contributed by atoms with Crippen LogP contribution < -0.4 is 10.6 Å². The molecule has 232 valence electrons. The van der Waals surface area contributed by atoms with E-state index in [9.17, 15) is 67.1 Å². The summed E-state index contributed by atoms with van der Waals surface area (Å²) in [6, 6.07) is 6.59. The molecule has 7 nitrogen and oxygen atoms in total. The van der Waals surface area contributed by atoms with Gasteiger partial charge >= 0.3 is 42.6 Å². The van der Waals surface area contributed by atoms with Crippen LogP contribution in [0.2, 0.25) is 0 Å². The Bertz CT molecular complexity index is 1280. The number of hydrogen-bond donors (Lipinski definition) is 2. The van der Waals surface area contributed by atoms with E-state index in [0.29, 0.717) is 19.2 Å². The van der Waals surface area contributed by atoms with Crippen molar-refractivity contribution in [2.24, 2.45) is 0 Å². The molecule has 2 N–H and O–H groups in total. The van der Waals surface area contributed by atoms with E-state index in [1.54, 1.807) is 0 Å². The van der Waals surface area contributed by atoms with Gasteiger partial charge < -0.3 is 20.3 Å². The van der Waals surface area contributed by atoms with Crippen molar-refractivity contribution in [3.05, 3.63) is 59.7 Å². The number of carbonyl (C=O) groups excluding carboxylic acids is 3. The minimum Gasteiger partial charge on any atom is -0.328 e. The van der Waals surface area contributed by atoms with Gasteiger partial charge in [0.1, 0.15) is 12.6 Å². The molecule has 1 atom stereocenters. The van der Waals surface area contributed by atoms with Gasteiger partial charge in [-0.2, -0.15) is 48.3 Å². The summed E-state index contributed by atoms with van der Waals surface area (Å²) in [6.45, 7) is -6.11. The Morgan fingerprint density at radius 2 is 1.40 bits per heavy atom. The zero-order chi connectivity index (χ0) is 32.3. The van der Waals surface area contributed by atoms with E-state index in [0.717, 1.165) is 36.4 Å². The molecule has 2 rings (SSSR count). The van der Waals surface area contributed by atoms with Crippen molar-refractivity contribution in [3.63, 3.8) is 0 Å². The Kier molecular flexibility index (Phi) is 10.1. The minimum atomic E-state index is -6.82. The average molecular weight is 627 g/mol. The lowest BCUT2D eigenvalue weighted by Crippen LogP contribution is -2.58. The molecule has 19 heteroatoms. The van der Waals surface area contributed by atoms with E-state index in [2.05, 4.69) is 4.74 Å². The summed E-state index contributed by atoms with van der Waals surface area (Å²) < 4.78 is 162. The van der Waals surface area contributed by atoms with Gasteiger partial charge in [0.15, 0.2) is 0 Å². The number of amides is 3. The first kappa shape index (κ1) is 34.2. The number of nitrogens with one attached hydrogen (secondary N) is 2. The van der Waals surface area contributed by atoms with E-state index in [4.69, 9.17) is 0 Å². The van der Waals surface area contributed by atoms with E-state index in [1.165, 1.54) is 0 Å². The second kappa shape index (κ2) is 12.5. The molecule has 2 aromatic carbocycles. The summed E-state index contributed by atoms with van der Waals surface area (Å²) in [5.74, 6) is -4.56. The standard InChI is InChI=1S/C23H17F12N3O4/c1-38(10-20(26,27)28)18(41)17(40)36-12-6-4-5-11(9-12)16(39)37-14-8-3-2-7-13(14)15(42-19(24)25)21(29,22(30,31)32)23(33,34)35/h2-9,15,19H,10H2,1H3,(H,36,40)(H,37,39). The number of likely N-dealkylation sites (N-methyl/N-ethyl adjacent to an activating group) is 1. The van der Waals surface area contributed by atoms with Crippen molar-refractivity contribution >= 4 is 29.1 Å². The van der Waals surface area contributed by atoms with Gasteiger partial charge in [0.2, 0.25) is 0 Å².